The molecule has 1 atom stereocenters. The monoisotopic (exact) mass is 307 g/mol. The third-order valence-corrected chi connectivity index (χ3v) is 3.13. The van der Waals surface area contributed by atoms with Gasteiger partial charge in [0.05, 0.1) is 0 Å². The maximum atomic E-state index is 12.0. The molecule has 1 aromatic rings. The molecule has 7 heteroatoms. The van der Waals surface area contributed by atoms with E-state index in [2.05, 4.69) is 10.6 Å². The Kier molecular flexibility index (Phi) is 6.88. The van der Waals surface area contributed by atoms with Crippen molar-refractivity contribution in [3.8, 4) is 0 Å². The molecule has 1 unspecified atom stereocenters. The lowest BCUT2D eigenvalue weighted by Gasteiger charge is -2.14. The molecule has 7 nitrogen and oxygen atoms in total. The highest BCUT2D eigenvalue weighted by Crippen LogP contribution is 2.07. The summed E-state index contributed by atoms with van der Waals surface area (Å²) in [7, 11) is 0. The van der Waals surface area contributed by atoms with E-state index >= 15 is 0 Å². The predicted octanol–water partition coefficient (Wildman–Crippen LogP) is 1.23. The number of aliphatic carboxylic acids is 1. The highest BCUT2D eigenvalue weighted by Gasteiger charge is 2.19. The number of hydrogen-bond donors (Lipinski definition) is 4. The van der Waals surface area contributed by atoms with E-state index < -0.39 is 23.9 Å². The Morgan fingerprint density at radius 2 is 1.86 bits per heavy atom. The second-order valence-electron chi connectivity index (χ2n) is 4.92. The zero-order valence-electron chi connectivity index (χ0n) is 12.5. The van der Waals surface area contributed by atoms with Gasteiger partial charge < -0.3 is 21.5 Å². The Morgan fingerprint density at radius 1 is 1.23 bits per heavy atom. The summed E-state index contributed by atoms with van der Waals surface area (Å²) in [5.74, 6) is -1.47. The third kappa shape index (κ3) is 5.82. The van der Waals surface area contributed by atoms with Gasteiger partial charge in [0.1, 0.15) is 6.04 Å². The molecule has 1 rings (SSSR count). The van der Waals surface area contributed by atoms with E-state index in [0.29, 0.717) is 12.0 Å². The van der Waals surface area contributed by atoms with Crippen molar-refractivity contribution >= 4 is 17.9 Å². The Balaban J connectivity index is 2.64. The average Bonchev–Trinajstić information content (AvgIpc) is 2.49. The van der Waals surface area contributed by atoms with E-state index in [4.69, 9.17) is 10.8 Å². The Hall–Kier alpha value is -2.57. The Bertz CT molecular complexity index is 528. The molecule has 0 aliphatic rings. The number of carboxylic acids is 1. The van der Waals surface area contributed by atoms with Crippen molar-refractivity contribution in [1.29, 1.82) is 0 Å². The van der Waals surface area contributed by atoms with Gasteiger partial charge >= 0.3 is 12.0 Å². The lowest BCUT2D eigenvalue weighted by atomic mass is 10.1. The van der Waals surface area contributed by atoms with Gasteiger partial charge in [-0.25, -0.2) is 9.59 Å². The van der Waals surface area contributed by atoms with E-state index in [1.165, 1.54) is 0 Å². The standard InChI is InChI=1S/C15H21N3O4/c1-2-3-4-12(14(20)21)18-13(19)11-7-5-10(6-8-11)9-17-15(16)22/h5-8,12H,2-4,9H2,1H3,(H,18,19)(H,20,21)(H3,16,17,22). The summed E-state index contributed by atoms with van der Waals surface area (Å²) in [6, 6.07) is 4.99. The smallest absolute Gasteiger partial charge is 0.326 e. The number of carbonyl (C=O) groups excluding carboxylic acids is 2. The van der Waals surface area contributed by atoms with Gasteiger partial charge in [0.25, 0.3) is 5.91 Å². The first-order chi connectivity index (χ1) is 10.4. The predicted molar refractivity (Wildman–Crippen MR) is 81.3 cm³/mol. The number of primary amides is 1. The molecule has 0 aliphatic heterocycles. The molecule has 5 N–H and O–H groups in total. The van der Waals surface area contributed by atoms with Gasteiger partial charge in [-0.3, -0.25) is 4.79 Å². The number of carboxylic acid groups (broad SMARTS) is 1. The first-order valence-electron chi connectivity index (χ1n) is 7.10. The molecule has 0 aromatic heterocycles. The van der Waals surface area contributed by atoms with Crippen LogP contribution in [0.4, 0.5) is 4.79 Å². The zero-order chi connectivity index (χ0) is 16.5. The SMILES string of the molecule is CCCCC(NC(=O)c1ccc(CNC(N)=O)cc1)C(=O)O. The summed E-state index contributed by atoms with van der Waals surface area (Å²) < 4.78 is 0. The minimum absolute atomic E-state index is 0.269. The largest absolute Gasteiger partial charge is 0.480 e. The first kappa shape index (κ1) is 17.5. The quantitative estimate of drug-likeness (QED) is 0.577. The summed E-state index contributed by atoms with van der Waals surface area (Å²) >= 11 is 0. The van der Waals surface area contributed by atoms with Crippen LogP contribution in [0.25, 0.3) is 0 Å². The lowest BCUT2D eigenvalue weighted by molar-refractivity contribution is -0.139. The van der Waals surface area contributed by atoms with Crippen molar-refractivity contribution in [3.05, 3.63) is 35.4 Å². The van der Waals surface area contributed by atoms with Gasteiger partial charge in [-0.15, -0.1) is 0 Å². The fourth-order valence-electron chi connectivity index (χ4n) is 1.87. The van der Waals surface area contributed by atoms with Crippen molar-refractivity contribution in [2.75, 3.05) is 0 Å². The van der Waals surface area contributed by atoms with Gasteiger partial charge in [-0.05, 0) is 24.1 Å². The topological polar surface area (TPSA) is 122 Å². The average molecular weight is 307 g/mol. The first-order valence-corrected chi connectivity index (χ1v) is 7.10. The molecule has 0 aliphatic carbocycles. The van der Waals surface area contributed by atoms with Crippen LogP contribution in [0, 0.1) is 0 Å². The fourth-order valence-corrected chi connectivity index (χ4v) is 1.87. The summed E-state index contributed by atoms with van der Waals surface area (Å²) in [4.78, 5) is 33.8. The number of amides is 3. The Morgan fingerprint density at radius 3 is 2.36 bits per heavy atom. The van der Waals surface area contributed by atoms with E-state index in [-0.39, 0.29) is 6.54 Å². The van der Waals surface area contributed by atoms with Crippen molar-refractivity contribution in [1.82, 2.24) is 10.6 Å². The summed E-state index contributed by atoms with van der Waals surface area (Å²) in [6.07, 6.45) is 1.99. The van der Waals surface area contributed by atoms with Crippen LogP contribution < -0.4 is 16.4 Å². The lowest BCUT2D eigenvalue weighted by Crippen LogP contribution is -2.40. The summed E-state index contributed by atoms with van der Waals surface area (Å²) in [5, 5.41) is 14.0. The number of hydrogen-bond acceptors (Lipinski definition) is 3. The minimum Gasteiger partial charge on any atom is -0.480 e. The van der Waals surface area contributed by atoms with Crippen molar-refractivity contribution in [3.63, 3.8) is 0 Å². The molecule has 1 aromatic carbocycles. The van der Waals surface area contributed by atoms with E-state index in [0.717, 1.165) is 18.4 Å². The van der Waals surface area contributed by atoms with Gasteiger partial charge in [0.2, 0.25) is 0 Å². The number of unbranched alkanes of at least 4 members (excludes halogenated alkanes) is 1. The molecule has 0 heterocycles. The van der Waals surface area contributed by atoms with Gasteiger partial charge in [-0.1, -0.05) is 31.9 Å². The van der Waals surface area contributed by atoms with Gasteiger partial charge in [0, 0.05) is 12.1 Å². The Labute approximate surface area is 128 Å². The number of carbonyl (C=O) groups is 3. The fraction of sp³-hybridized carbons (Fsp3) is 0.400. The van der Waals surface area contributed by atoms with E-state index in [1.54, 1.807) is 24.3 Å². The van der Waals surface area contributed by atoms with Crippen LogP contribution in [-0.4, -0.2) is 29.1 Å². The number of urea groups is 1. The molecule has 0 radical (unpaired) electrons. The van der Waals surface area contributed by atoms with Crippen LogP contribution in [0.2, 0.25) is 0 Å². The van der Waals surface area contributed by atoms with Gasteiger partial charge in [0.15, 0.2) is 0 Å². The molecule has 3 amide bonds. The molecule has 0 saturated heterocycles. The summed E-state index contributed by atoms with van der Waals surface area (Å²) in [6.45, 7) is 2.23. The van der Waals surface area contributed by atoms with Crippen LogP contribution in [0.1, 0.15) is 42.1 Å². The van der Waals surface area contributed by atoms with Gasteiger partial charge in [-0.2, -0.15) is 0 Å². The maximum Gasteiger partial charge on any atom is 0.326 e. The molecule has 0 saturated carbocycles. The molecular formula is C15H21N3O4. The van der Waals surface area contributed by atoms with Crippen LogP contribution >= 0.6 is 0 Å². The maximum absolute atomic E-state index is 12.0. The normalized spacial score (nSPS) is 11.5. The zero-order valence-corrected chi connectivity index (χ0v) is 12.5. The number of nitrogens with one attached hydrogen (secondary N) is 2. The van der Waals surface area contributed by atoms with E-state index in [9.17, 15) is 14.4 Å². The highest BCUT2D eigenvalue weighted by molar-refractivity contribution is 5.96. The molecular weight excluding hydrogens is 286 g/mol. The third-order valence-electron chi connectivity index (χ3n) is 3.13. The van der Waals surface area contributed by atoms with Crippen LogP contribution in [0.3, 0.4) is 0 Å². The van der Waals surface area contributed by atoms with Crippen molar-refractivity contribution < 1.29 is 19.5 Å². The molecule has 0 bridgehead atoms. The number of benzene rings is 1. The molecule has 0 fully saturated rings. The second-order valence-corrected chi connectivity index (χ2v) is 4.92. The molecule has 120 valence electrons. The number of nitrogens with two attached hydrogens (primary N) is 1. The number of rotatable bonds is 8. The molecule has 0 spiro atoms. The van der Waals surface area contributed by atoms with Crippen LogP contribution in [-0.2, 0) is 11.3 Å². The highest BCUT2D eigenvalue weighted by atomic mass is 16.4. The summed E-state index contributed by atoms with van der Waals surface area (Å²) in [5.41, 5.74) is 6.13. The van der Waals surface area contributed by atoms with Crippen LogP contribution in [0.15, 0.2) is 24.3 Å². The van der Waals surface area contributed by atoms with Crippen LogP contribution in [0.5, 0.6) is 0 Å². The second kappa shape index (κ2) is 8.66. The van der Waals surface area contributed by atoms with E-state index in [1.807, 2.05) is 6.92 Å². The minimum atomic E-state index is -1.04. The van der Waals surface area contributed by atoms with Crippen molar-refractivity contribution in [2.24, 2.45) is 5.73 Å². The molecule has 22 heavy (non-hydrogen) atoms. The van der Waals surface area contributed by atoms with Crippen molar-refractivity contribution in [2.45, 2.75) is 38.8 Å².